The number of amides is 1. The molecule has 7 nitrogen and oxygen atoms in total. The molecule has 0 saturated heterocycles. The Labute approximate surface area is 196 Å². The second-order valence-electron chi connectivity index (χ2n) is 7.69. The maximum Gasteiger partial charge on any atom is 0.295 e. The lowest BCUT2D eigenvalue weighted by molar-refractivity contribution is -0.111. The van der Waals surface area contributed by atoms with Gasteiger partial charge in [0.15, 0.2) is 0 Å². The van der Waals surface area contributed by atoms with E-state index in [-0.39, 0.29) is 11.2 Å². The van der Waals surface area contributed by atoms with Crippen molar-refractivity contribution in [2.24, 2.45) is 7.05 Å². The number of carbonyl (C=O) groups is 1. The minimum atomic E-state index is -0.424. The highest BCUT2D eigenvalue weighted by Gasteiger charge is 2.18. The predicted octanol–water partition coefficient (Wildman–Crippen LogP) is 4.34. The van der Waals surface area contributed by atoms with E-state index in [1.807, 2.05) is 67.6 Å². The number of aromatic nitrogens is 4. The highest BCUT2D eigenvalue weighted by atomic mass is 35.5. The molecule has 33 heavy (non-hydrogen) atoms. The van der Waals surface area contributed by atoms with Crippen molar-refractivity contribution >= 4 is 29.3 Å². The van der Waals surface area contributed by atoms with Gasteiger partial charge in [0, 0.05) is 18.7 Å². The quantitative estimate of drug-likeness (QED) is 0.434. The molecule has 2 aromatic carbocycles. The van der Waals surface area contributed by atoms with E-state index in [2.05, 4.69) is 10.4 Å². The van der Waals surface area contributed by atoms with Gasteiger partial charge in [-0.3, -0.25) is 14.3 Å². The number of nitrogens with zero attached hydrogens (tertiary/aromatic N) is 4. The van der Waals surface area contributed by atoms with E-state index in [9.17, 15) is 9.59 Å². The minimum absolute atomic E-state index is 0.235. The average Bonchev–Trinajstić information content (AvgIpc) is 3.20. The zero-order valence-electron chi connectivity index (χ0n) is 18.6. The van der Waals surface area contributed by atoms with Crippen LogP contribution in [-0.4, -0.2) is 25.1 Å². The zero-order valence-corrected chi connectivity index (χ0v) is 19.4. The molecule has 1 N–H and O–H groups in total. The lowest BCUT2D eigenvalue weighted by atomic mass is 10.2. The fourth-order valence-electron chi connectivity index (χ4n) is 3.65. The van der Waals surface area contributed by atoms with Gasteiger partial charge in [0.25, 0.3) is 5.56 Å². The number of benzene rings is 2. The molecule has 2 heterocycles. The zero-order chi connectivity index (χ0) is 23.5. The summed E-state index contributed by atoms with van der Waals surface area (Å²) in [4.78, 5) is 25.6. The molecule has 0 bridgehead atoms. The first-order valence-electron chi connectivity index (χ1n) is 10.5. The van der Waals surface area contributed by atoms with Gasteiger partial charge in [0.05, 0.1) is 23.6 Å². The Balaban J connectivity index is 1.55. The van der Waals surface area contributed by atoms with Crippen molar-refractivity contribution < 1.29 is 4.79 Å². The van der Waals surface area contributed by atoms with Crippen LogP contribution in [0.15, 0.2) is 71.5 Å². The monoisotopic (exact) mass is 461 g/mol. The van der Waals surface area contributed by atoms with Crippen molar-refractivity contribution in [3.8, 4) is 5.69 Å². The molecule has 0 saturated carbocycles. The SMILES string of the molecule is Cc1nn(Cc2ccccc2)c(Cl)c1/C=C/C(=O)Nc1c(C)n(C)n(-c2ccccc2)c1=O. The van der Waals surface area contributed by atoms with Gasteiger partial charge in [-0.25, -0.2) is 9.36 Å². The highest BCUT2D eigenvalue weighted by molar-refractivity contribution is 6.31. The van der Waals surface area contributed by atoms with E-state index in [1.54, 1.807) is 29.4 Å². The van der Waals surface area contributed by atoms with E-state index < -0.39 is 5.91 Å². The van der Waals surface area contributed by atoms with Crippen molar-refractivity contribution in [2.75, 3.05) is 5.32 Å². The topological polar surface area (TPSA) is 73.8 Å². The van der Waals surface area contributed by atoms with Gasteiger partial charge in [0.1, 0.15) is 10.8 Å². The van der Waals surface area contributed by atoms with Crippen molar-refractivity contribution in [1.82, 2.24) is 19.1 Å². The van der Waals surface area contributed by atoms with Crippen LogP contribution in [0.5, 0.6) is 0 Å². The Kier molecular flexibility index (Phi) is 6.33. The van der Waals surface area contributed by atoms with E-state index in [0.717, 1.165) is 11.3 Å². The van der Waals surface area contributed by atoms with Gasteiger partial charge in [-0.15, -0.1) is 0 Å². The molecule has 0 atom stereocenters. The van der Waals surface area contributed by atoms with Crippen LogP contribution >= 0.6 is 11.6 Å². The number of rotatable bonds is 6. The third kappa shape index (κ3) is 4.54. The molecule has 0 radical (unpaired) electrons. The average molecular weight is 462 g/mol. The summed E-state index contributed by atoms with van der Waals surface area (Å²) in [5.74, 6) is -0.424. The van der Waals surface area contributed by atoms with Crippen LogP contribution in [0.4, 0.5) is 5.69 Å². The van der Waals surface area contributed by atoms with E-state index in [1.165, 1.54) is 10.8 Å². The molecule has 2 aromatic heterocycles. The smallest absolute Gasteiger partial charge is 0.295 e. The summed E-state index contributed by atoms with van der Waals surface area (Å²) in [6, 6.07) is 19.1. The lowest BCUT2D eigenvalue weighted by Gasteiger charge is -2.07. The summed E-state index contributed by atoms with van der Waals surface area (Å²) in [5.41, 5.74) is 3.75. The van der Waals surface area contributed by atoms with Crippen LogP contribution in [0.1, 0.15) is 22.5 Å². The number of aryl methyl sites for hydroxylation is 1. The van der Waals surface area contributed by atoms with Crippen LogP contribution in [0, 0.1) is 13.8 Å². The normalized spacial score (nSPS) is 11.3. The number of hydrogen-bond acceptors (Lipinski definition) is 3. The third-order valence-corrected chi connectivity index (χ3v) is 5.89. The Morgan fingerprint density at radius 3 is 2.36 bits per heavy atom. The standard InChI is InChI=1S/C25H24ClN5O2/c1-17-21(24(26)30(28-17)16-19-10-6-4-7-11-19)14-15-22(32)27-23-18(2)29(3)31(25(23)33)20-12-8-5-9-13-20/h4-15H,16H2,1-3H3,(H,27,32)/b15-14+. The molecule has 0 fully saturated rings. The first-order chi connectivity index (χ1) is 15.9. The van der Waals surface area contributed by atoms with Gasteiger partial charge in [0.2, 0.25) is 5.91 Å². The van der Waals surface area contributed by atoms with E-state index >= 15 is 0 Å². The molecule has 0 aliphatic rings. The van der Waals surface area contributed by atoms with Crippen molar-refractivity contribution in [3.63, 3.8) is 0 Å². The maximum absolute atomic E-state index is 13.0. The molecule has 4 aromatic rings. The number of para-hydroxylation sites is 1. The minimum Gasteiger partial charge on any atom is -0.316 e. The van der Waals surface area contributed by atoms with Gasteiger partial charge < -0.3 is 5.32 Å². The van der Waals surface area contributed by atoms with Gasteiger partial charge in [-0.05, 0) is 37.6 Å². The van der Waals surface area contributed by atoms with Crippen LogP contribution < -0.4 is 10.9 Å². The van der Waals surface area contributed by atoms with E-state index in [0.29, 0.717) is 28.6 Å². The molecule has 4 rings (SSSR count). The Morgan fingerprint density at radius 1 is 1.06 bits per heavy atom. The number of halogens is 1. The van der Waals surface area contributed by atoms with Crippen LogP contribution in [0.2, 0.25) is 5.15 Å². The molecule has 0 aliphatic carbocycles. The fourth-order valence-corrected chi connectivity index (χ4v) is 3.95. The van der Waals surface area contributed by atoms with Crippen molar-refractivity contribution in [1.29, 1.82) is 0 Å². The number of hydrogen-bond donors (Lipinski definition) is 1. The van der Waals surface area contributed by atoms with Gasteiger partial charge >= 0.3 is 0 Å². The Morgan fingerprint density at radius 2 is 1.70 bits per heavy atom. The summed E-state index contributed by atoms with van der Waals surface area (Å²) in [6.07, 6.45) is 2.98. The molecule has 0 aliphatic heterocycles. The molecular formula is C25H24ClN5O2. The van der Waals surface area contributed by atoms with Crippen LogP contribution in [-0.2, 0) is 18.4 Å². The highest BCUT2D eigenvalue weighted by Crippen LogP contribution is 2.22. The van der Waals surface area contributed by atoms with Crippen LogP contribution in [0.25, 0.3) is 11.8 Å². The summed E-state index contributed by atoms with van der Waals surface area (Å²) in [6.45, 7) is 4.16. The predicted molar refractivity (Wildman–Crippen MR) is 131 cm³/mol. The number of nitrogens with one attached hydrogen (secondary N) is 1. The Bertz CT molecular complexity index is 1380. The van der Waals surface area contributed by atoms with Gasteiger partial charge in [-0.1, -0.05) is 60.1 Å². The first kappa shape index (κ1) is 22.4. The summed E-state index contributed by atoms with van der Waals surface area (Å²) >= 11 is 6.53. The fraction of sp³-hybridized carbons (Fsp3) is 0.160. The van der Waals surface area contributed by atoms with E-state index in [4.69, 9.17) is 11.6 Å². The first-order valence-corrected chi connectivity index (χ1v) is 10.8. The van der Waals surface area contributed by atoms with Crippen molar-refractivity contribution in [2.45, 2.75) is 20.4 Å². The summed E-state index contributed by atoms with van der Waals surface area (Å²) < 4.78 is 4.93. The maximum atomic E-state index is 13.0. The Hall–Kier alpha value is -3.84. The number of anilines is 1. The van der Waals surface area contributed by atoms with Crippen LogP contribution in [0.3, 0.4) is 0 Å². The molecule has 168 valence electrons. The van der Waals surface area contributed by atoms with Crippen molar-refractivity contribution in [3.05, 3.63) is 105 Å². The molecule has 0 unspecified atom stereocenters. The molecule has 1 amide bonds. The molecule has 8 heteroatoms. The molecular weight excluding hydrogens is 438 g/mol. The summed E-state index contributed by atoms with van der Waals surface area (Å²) in [7, 11) is 1.78. The summed E-state index contributed by atoms with van der Waals surface area (Å²) in [5, 5.41) is 7.65. The number of carbonyl (C=O) groups excluding carboxylic acids is 1. The second kappa shape index (κ2) is 9.34. The molecule has 0 spiro atoms. The lowest BCUT2D eigenvalue weighted by Crippen LogP contribution is -2.22. The largest absolute Gasteiger partial charge is 0.316 e. The third-order valence-electron chi connectivity index (χ3n) is 5.49. The second-order valence-corrected chi connectivity index (χ2v) is 8.05. The van der Waals surface area contributed by atoms with Gasteiger partial charge in [-0.2, -0.15) is 5.10 Å².